The molecule has 0 aliphatic heterocycles. The minimum Gasteiger partial charge on any atom is -0.268 e. The van der Waals surface area contributed by atoms with E-state index >= 15 is 0 Å². The van der Waals surface area contributed by atoms with Gasteiger partial charge in [-0.2, -0.15) is 10.2 Å². The van der Waals surface area contributed by atoms with E-state index in [0.717, 1.165) is 5.56 Å². The molecule has 27 heavy (non-hydrogen) atoms. The van der Waals surface area contributed by atoms with Crippen LogP contribution < -0.4 is 5.43 Å². The number of carbonyl (C=O) groups is 1. The molecule has 1 aromatic heterocycles. The molecule has 1 amide bonds. The van der Waals surface area contributed by atoms with Gasteiger partial charge in [-0.3, -0.25) is 19.6 Å². The van der Waals surface area contributed by atoms with Gasteiger partial charge in [0, 0.05) is 23.4 Å². The van der Waals surface area contributed by atoms with Gasteiger partial charge in [0.15, 0.2) is 5.69 Å². The molecule has 0 saturated carbocycles. The average molecular weight is 384 g/mol. The van der Waals surface area contributed by atoms with Crippen molar-refractivity contribution in [1.29, 1.82) is 0 Å². The number of nitro groups is 1. The van der Waals surface area contributed by atoms with Crippen LogP contribution >= 0.6 is 11.6 Å². The third-order valence-corrected chi connectivity index (χ3v) is 3.87. The summed E-state index contributed by atoms with van der Waals surface area (Å²) in [5.74, 6) is -0.456. The highest BCUT2D eigenvalue weighted by Gasteiger charge is 2.09. The summed E-state index contributed by atoms with van der Waals surface area (Å²) in [6, 6.07) is 14.7. The largest absolute Gasteiger partial charge is 0.291 e. The Morgan fingerprint density at radius 1 is 1.19 bits per heavy atom. The van der Waals surface area contributed by atoms with Crippen molar-refractivity contribution in [3.63, 3.8) is 0 Å². The van der Waals surface area contributed by atoms with Gasteiger partial charge >= 0.3 is 0 Å². The summed E-state index contributed by atoms with van der Waals surface area (Å²) in [6.07, 6.45) is 3.09. The smallest absolute Gasteiger partial charge is 0.268 e. The number of hydrogen-bond donors (Lipinski definition) is 1. The number of benzene rings is 2. The van der Waals surface area contributed by atoms with Crippen molar-refractivity contribution in [3.05, 3.63) is 92.8 Å². The maximum absolute atomic E-state index is 12.1. The van der Waals surface area contributed by atoms with Crippen LogP contribution in [0.2, 0.25) is 5.02 Å². The van der Waals surface area contributed by atoms with E-state index < -0.39 is 10.8 Å². The fourth-order valence-corrected chi connectivity index (χ4v) is 2.38. The van der Waals surface area contributed by atoms with Crippen molar-refractivity contribution < 1.29 is 9.72 Å². The Kier molecular flexibility index (Phi) is 5.58. The van der Waals surface area contributed by atoms with Crippen molar-refractivity contribution in [3.8, 4) is 0 Å². The van der Waals surface area contributed by atoms with Gasteiger partial charge in [-0.1, -0.05) is 23.7 Å². The molecule has 0 radical (unpaired) electrons. The Morgan fingerprint density at radius 3 is 2.56 bits per heavy atom. The van der Waals surface area contributed by atoms with Crippen LogP contribution in [0.4, 0.5) is 5.69 Å². The summed E-state index contributed by atoms with van der Waals surface area (Å²) in [5, 5.41) is 19.3. The molecule has 0 atom stereocenters. The van der Waals surface area contributed by atoms with E-state index in [-0.39, 0.29) is 11.4 Å². The Balaban J connectivity index is 1.57. The highest BCUT2D eigenvalue weighted by molar-refractivity contribution is 6.30. The maximum atomic E-state index is 12.1. The van der Waals surface area contributed by atoms with E-state index in [2.05, 4.69) is 15.6 Å². The standard InChI is InChI=1S/C18H14ClN5O3/c19-15-5-1-14(2-6-15)12-23-10-9-17(22-23)18(25)21-20-11-13-3-7-16(8-4-13)24(26)27/h1-11H,12H2,(H,21,25)/b20-11+. The van der Waals surface area contributed by atoms with Gasteiger partial charge < -0.3 is 0 Å². The lowest BCUT2D eigenvalue weighted by molar-refractivity contribution is -0.384. The predicted octanol–water partition coefficient (Wildman–Crippen LogP) is 3.26. The summed E-state index contributed by atoms with van der Waals surface area (Å²) < 4.78 is 1.64. The minimum atomic E-state index is -0.483. The topological polar surface area (TPSA) is 102 Å². The maximum Gasteiger partial charge on any atom is 0.291 e. The van der Waals surface area contributed by atoms with E-state index in [9.17, 15) is 14.9 Å². The molecular weight excluding hydrogens is 370 g/mol. The first-order valence-electron chi connectivity index (χ1n) is 7.87. The summed E-state index contributed by atoms with van der Waals surface area (Å²) in [6.45, 7) is 0.510. The molecule has 2 aromatic carbocycles. The molecule has 0 spiro atoms. The molecule has 3 aromatic rings. The molecule has 0 aliphatic carbocycles. The van der Waals surface area contributed by atoms with Gasteiger partial charge in [0.05, 0.1) is 17.7 Å². The first-order valence-corrected chi connectivity index (χ1v) is 8.25. The second-order valence-corrected chi connectivity index (χ2v) is 6.01. The van der Waals surface area contributed by atoms with Gasteiger partial charge in [0.2, 0.25) is 0 Å². The van der Waals surface area contributed by atoms with Crippen LogP contribution in [0, 0.1) is 10.1 Å². The molecule has 1 N–H and O–H groups in total. The SMILES string of the molecule is O=C(N/N=C/c1ccc([N+](=O)[O-])cc1)c1ccn(Cc2ccc(Cl)cc2)n1. The Morgan fingerprint density at radius 2 is 1.89 bits per heavy atom. The molecule has 0 bridgehead atoms. The quantitative estimate of drug-likeness (QED) is 0.401. The molecule has 3 rings (SSSR count). The molecular formula is C18H14ClN5O3. The second kappa shape index (κ2) is 8.24. The number of non-ortho nitro benzene ring substituents is 1. The number of carbonyl (C=O) groups excluding carboxylic acids is 1. The van der Waals surface area contributed by atoms with E-state index in [0.29, 0.717) is 17.1 Å². The zero-order valence-electron chi connectivity index (χ0n) is 13.9. The summed E-state index contributed by atoms with van der Waals surface area (Å²) >= 11 is 5.86. The monoisotopic (exact) mass is 383 g/mol. The van der Waals surface area contributed by atoms with Crippen LogP contribution in [0.3, 0.4) is 0 Å². The predicted molar refractivity (Wildman–Crippen MR) is 101 cm³/mol. The molecule has 0 fully saturated rings. The highest BCUT2D eigenvalue weighted by Crippen LogP contribution is 2.11. The number of halogens is 1. The van der Waals surface area contributed by atoms with Crippen molar-refractivity contribution >= 4 is 29.4 Å². The highest BCUT2D eigenvalue weighted by atomic mass is 35.5. The lowest BCUT2D eigenvalue weighted by Gasteiger charge is -2.02. The molecule has 8 nitrogen and oxygen atoms in total. The molecule has 0 saturated heterocycles. The third kappa shape index (κ3) is 4.99. The minimum absolute atomic E-state index is 0.0117. The first kappa shape index (κ1) is 18.3. The number of nitrogens with zero attached hydrogens (tertiary/aromatic N) is 4. The number of hydrogen-bond acceptors (Lipinski definition) is 5. The summed E-state index contributed by atoms with van der Waals surface area (Å²) in [5.41, 5.74) is 4.21. The molecule has 0 unspecified atom stereocenters. The molecule has 9 heteroatoms. The Hall–Kier alpha value is -3.52. The molecule has 136 valence electrons. The van der Waals surface area contributed by atoms with Crippen LogP contribution in [0.5, 0.6) is 0 Å². The number of rotatable bonds is 6. The van der Waals surface area contributed by atoms with Gasteiger partial charge in [-0.05, 0) is 41.5 Å². The summed E-state index contributed by atoms with van der Waals surface area (Å²) in [7, 11) is 0. The fraction of sp³-hybridized carbons (Fsp3) is 0.0556. The van der Waals surface area contributed by atoms with Crippen LogP contribution in [0.25, 0.3) is 0 Å². The average Bonchev–Trinajstić information content (AvgIpc) is 3.12. The van der Waals surface area contributed by atoms with Crippen LogP contribution in [0.15, 0.2) is 65.9 Å². The van der Waals surface area contributed by atoms with E-state index in [1.54, 1.807) is 29.1 Å². The number of amides is 1. The summed E-state index contributed by atoms with van der Waals surface area (Å²) in [4.78, 5) is 22.2. The van der Waals surface area contributed by atoms with E-state index in [1.165, 1.54) is 30.5 Å². The molecule has 1 heterocycles. The number of nitro benzene ring substituents is 1. The Labute approximate surface area is 159 Å². The van der Waals surface area contributed by atoms with E-state index in [1.807, 2.05) is 12.1 Å². The molecule has 0 aliphatic rings. The van der Waals surface area contributed by atoms with Crippen LogP contribution in [0.1, 0.15) is 21.6 Å². The van der Waals surface area contributed by atoms with E-state index in [4.69, 9.17) is 11.6 Å². The van der Waals surface area contributed by atoms with Gasteiger partial charge in [-0.25, -0.2) is 5.43 Å². The van der Waals surface area contributed by atoms with Crippen molar-refractivity contribution in [2.24, 2.45) is 5.10 Å². The fourth-order valence-electron chi connectivity index (χ4n) is 2.25. The van der Waals surface area contributed by atoms with Crippen LogP contribution in [-0.4, -0.2) is 26.8 Å². The third-order valence-electron chi connectivity index (χ3n) is 3.61. The van der Waals surface area contributed by atoms with Crippen LogP contribution in [-0.2, 0) is 6.54 Å². The van der Waals surface area contributed by atoms with Gasteiger partial charge in [0.25, 0.3) is 11.6 Å². The first-order chi connectivity index (χ1) is 13.0. The Bertz CT molecular complexity index is 981. The lowest BCUT2D eigenvalue weighted by atomic mass is 10.2. The van der Waals surface area contributed by atoms with Crippen molar-refractivity contribution in [2.75, 3.05) is 0 Å². The zero-order valence-corrected chi connectivity index (χ0v) is 14.7. The van der Waals surface area contributed by atoms with Crippen molar-refractivity contribution in [2.45, 2.75) is 6.54 Å². The number of nitrogens with one attached hydrogen (secondary N) is 1. The van der Waals surface area contributed by atoms with Gasteiger partial charge in [-0.15, -0.1) is 0 Å². The van der Waals surface area contributed by atoms with Crippen molar-refractivity contribution in [1.82, 2.24) is 15.2 Å². The van der Waals surface area contributed by atoms with Gasteiger partial charge in [0.1, 0.15) is 0 Å². The number of aromatic nitrogens is 2. The normalized spacial score (nSPS) is 10.9. The number of hydrazone groups is 1. The zero-order chi connectivity index (χ0) is 19.2. The lowest BCUT2D eigenvalue weighted by Crippen LogP contribution is -2.18. The second-order valence-electron chi connectivity index (χ2n) is 5.57.